The molecule has 6 nitrogen and oxygen atoms in total. The normalized spacial score (nSPS) is 23.8. The van der Waals surface area contributed by atoms with E-state index >= 15 is 0 Å². The van der Waals surface area contributed by atoms with E-state index in [9.17, 15) is 9.00 Å². The third-order valence-electron chi connectivity index (χ3n) is 5.46. The standard InChI is InChI=1S/C21H27N3O3S/c1-3-5-16(4-2)13-24-14-17-10-11-23(15-20(24)12-17)21(25)18-6-8-19(9-7-18)22-28(26)27/h3-9,17,20,22H,1-2,10-15H2,(H,26,27)/b16-5+. The fourth-order valence-corrected chi connectivity index (χ4v) is 4.42. The van der Waals surface area contributed by atoms with Crippen molar-refractivity contribution in [3.05, 3.63) is 66.8 Å². The van der Waals surface area contributed by atoms with E-state index in [2.05, 4.69) is 22.8 Å². The summed E-state index contributed by atoms with van der Waals surface area (Å²) < 4.78 is 22.1. The van der Waals surface area contributed by atoms with Gasteiger partial charge in [0, 0.05) is 43.5 Å². The van der Waals surface area contributed by atoms with E-state index in [0.29, 0.717) is 29.8 Å². The van der Waals surface area contributed by atoms with Gasteiger partial charge in [0.1, 0.15) is 0 Å². The van der Waals surface area contributed by atoms with E-state index in [1.165, 1.54) is 0 Å². The van der Waals surface area contributed by atoms with Crippen molar-refractivity contribution in [2.75, 3.05) is 30.9 Å². The Bertz CT molecular complexity index is 791. The van der Waals surface area contributed by atoms with Gasteiger partial charge >= 0.3 is 0 Å². The molecule has 0 spiro atoms. The van der Waals surface area contributed by atoms with Crippen LogP contribution in [0.4, 0.5) is 5.69 Å². The van der Waals surface area contributed by atoms with Crippen LogP contribution in [-0.2, 0) is 11.3 Å². The number of anilines is 1. The molecule has 2 saturated heterocycles. The fourth-order valence-electron chi connectivity index (χ4n) is 4.09. The minimum atomic E-state index is -2.12. The number of fused-ring (bicyclic) bond motifs is 2. The van der Waals surface area contributed by atoms with Crippen LogP contribution in [0.25, 0.3) is 0 Å². The SMILES string of the molecule is C=C/C=C(\C=C)CN1CC2CCN(C(=O)c3ccc(NS(=O)O)cc3)CC1C2. The van der Waals surface area contributed by atoms with Crippen LogP contribution in [0.5, 0.6) is 0 Å². The number of carbonyl (C=O) groups is 1. The van der Waals surface area contributed by atoms with Gasteiger partial charge in [-0.15, -0.1) is 0 Å². The summed E-state index contributed by atoms with van der Waals surface area (Å²) in [5, 5.41) is 0. The summed E-state index contributed by atoms with van der Waals surface area (Å²) in [5.74, 6) is 0.624. The van der Waals surface area contributed by atoms with Gasteiger partial charge in [0.2, 0.25) is 0 Å². The third kappa shape index (κ3) is 4.98. The summed E-state index contributed by atoms with van der Waals surface area (Å²) in [4.78, 5) is 17.4. The summed E-state index contributed by atoms with van der Waals surface area (Å²) in [6.07, 6.45) is 7.77. The number of nitrogens with one attached hydrogen (secondary N) is 1. The van der Waals surface area contributed by atoms with Crippen LogP contribution in [0.15, 0.2) is 61.2 Å². The zero-order valence-corrected chi connectivity index (χ0v) is 16.7. The van der Waals surface area contributed by atoms with Gasteiger partial charge in [0.05, 0.1) is 0 Å². The second-order valence-electron chi connectivity index (χ2n) is 7.33. The van der Waals surface area contributed by atoms with Crippen LogP contribution in [0.1, 0.15) is 23.2 Å². The van der Waals surface area contributed by atoms with Crippen molar-refractivity contribution in [3.8, 4) is 0 Å². The second kappa shape index (κ2) is 9.32. The second-order valence-corrected chi connectivity index (χ2v) is 8.04. The molecule has 1 aromatic carbocycles. The van der Waals surface area contributed by atoms with E-state index in [-0.39, 0.29) is 5.91 Å². The Morgan fingerprint density at radius 1 is 1.29 bits per heavy atom. The zero-order valence-electron chi connectivity index (χ0n) is 15.9. The minimum absolute atomic E-state index is 0.00903. The van der Waals surface area contributed by atoms with Crippen LogP contribution in [0.3, 0.4) is 0 Å². The Morgan fingerprint density at radius 3 is 2.68 bits per heavy atom. The Hall–Kier alpha value is -2.22. The highest BCUT2D eigenvalue weighted by atomic mass is 32.2. The van der Waals surface area contributed by atoms with Crippen LogP contribution in [0, 0.1) is 5.92 Å². The maximum atomic E-state index is 13.0. The number of amides is 1. The lowest BCUT2D eigenvalue weighted by Crippen LogP contribution is -2.44. The van der Waals surface area contributed by atoms with Crippen molar-refractivity contribution in [1.82, 2.24) is 9.80 Å². The number of rotatable bonds is 7. The van der Waals surface area contributed by atoms with Crippen molar-refractivity contribution in [1.29, 1.82) is 0 Å². The van der Waals surface area contributed by atoms with Gasteiger partial charge in [-0.1, -0.05) is 31.4 Å². The average Bonchev–Trinajstić information content (AvgIpc) is 2.91. The summed E-state index contributed by atoms with van der Waals surface area (Å²) in [5.41, 5.74) is 2.24. The van der Waals surface area contributed by atoms with Gasteiger partial charge in [-0.25, -0.2) is 4.21 Å². The summed E-state index contributed by atoms with van der Waals surface area (Å²) in [6, 6.07) is 7.03. The first kappa shape index (κ1) is 20.5. The fraction of sp³-hybridized carbons (Fsp3) is 0.381. The third-order valence-corrected chi connectivity index (χ3v) is 5.87. The Balaban J connectivity index is 1.68. The van der Waals surface area contributed by atoms with E-state index in [1.54, 1.807) is 30.3 Å². The lowest BCUT2D eigenvalue weighted by Gasteiger charge is -2.32. The van der Waals surface area contributed by atoms with Crippen molar-refractivity contribution in [3.63, 3.8) is 0 Å². The molecular formula is C21H27N3O3S. The Labute approximate surface area is 169 Å². The number of benzene rings is 1. The topological polar surface area (TPSA) is 72.9 Å². The van der Waals surface area contributed by atoms with Crippen LogP contribution >= 0.6 is 0 Å². The van der Waals surface area contributed by atoms with Crippen molar-refractivity contribution in [2.45, 2.75) is 18.9 Å². The first-order valence-electron chi connectivity index (χ1n) is 9.45. The average molecular weight is 402 g/mol. The summed E-state index contributed by atoms with van der Waals surface area (Å²) in [6.45, 7) is 11.0. The maximum Gasteiger partial charge on any atom is 0.259 e. The molecule has 28 heavy (non-hydrogen) atoms. The summed E-state index contributed by atoms with van der Waals surface area (Å²) >= 11 is -2.12. The smallest absolute Gasteiger partial charge is 0.259 e. The molecule has 2 heterocycles. The van der Waals surface area contributed by atoms with Crippen molar-refractivity contribution in [2.24, 2.45) is 5.92 Å². The number of hydrogen-bond donors (Lipinski definition) is 2. The predicted octanol–water partition coefficient (Wildman–Crippen LogP) is 3.07. The lowest BCUT2D eigenvalue weighted by molar-refractivity contribution is 0.0701. The van der Waals surface area contributed by atoms with Crippen LogP contribution in [-0.4, -0.2) is 56.7 Å². The maximum absolute atomic E-state index is 13.0. The molecule has 3 rings (SSSR count). The largest absolute Gasteiger partial charge is 0.337 e. The number of hydrogen-bond acceptors (Lipinski definition) is 3. The molecule has 2 fully saturated rings. The van der Waals surface area contributed by atoms with Crippen LogP contribution in [0.2, 0.25) is 0 Å². The molecule has 1 amide bonds. The molecule has 0 radical (unpaired) electrons. The van der Waals surface area contributed by atoms with Crippen LogP contribution < -0.4 is 4.72 Å². The molecule has 2 aliphatic rings. The number of nitrogens with zero attached hydrogens (tertiary/aromatic N) is 2. The molecule has 2 bridgehead atoms. The molecule has 0 saturated carbocycles. The summed E-state index contributed by atoms with van der Waals surface area (Å²) in [7, 11) is 0. The quantitative estimate of drug-likeness (QED) is 0.544. The molecule has 3 atom stereocenters. The highest BCUT2D eigenvalue weighted by molar-refractivity contribution is 7.80. The van der Waals surface area contributed by atoms with Gasteiger partial charge in [0.25, 0.3) is 17.2 Å². The molecule has 3 unspecified atom stereocenters. The van der Waals surface area contributed by atoms with E-state index in [4.69, 9.17) is 4.55 Å². The first-order chi connectivity index (χ1) is 13.5. The molecule has 1 aromatic rings. The molecule has 0 aliphatic carbocycles. The Morgan fingerprint density at radius 2 is 2.04 bits per heavy atom. The minimum Gasteiger partial charge on any atom is -0.337 e. The number of likely N-dealkylation sites (tertiary alicyclic amines) is 2. The van der Waals surface area contributed by atoms with E-state index in [1.807, 2.05) is 17.1 Å². The molecule has 2 N–H and O–H groups in total. The Kier molecular flexibility index (Phi) is 6.83. The number of allylic oxidation sites excluding steroid dienone is 2. The first-order valence-corrected chi connectivity index (χ1v) is 10.6. The lowest BCUT2D eigenvalue weighted by atomic mass is 10.0. The van der Waals surface area contributed by atoms with Gasteiger partial charge in [-0.3, -0.25) is 19.0 Å². The molecule has 150 valence electrons. The van der Waals surface area contributed by atoms with Crippen molar-refractivity contribution < 1.29 is 13.6 Å². The molecular weight excluding hydrogens is 374 g/mol. The molecule has 0 aromatic heterocycles. The zero-order chi connectivity index (χ0) is 20.1. The van der Waals surface area contributed by atoms with Gasteiger partial charge in [0.15, 0.2) is 0 Å². The van der Waals surface area contributed by atoms with Gasteiger partial charge in [-0.05, 0) is 48.6 Å². The highest BCUT2D eigenvalue weighted by Gasteiger charge is 2.37. The molecule has 7 heteroatoms. The van der Waals surface area contributed by atoms with E-state index in [0.717, 1.165) is 38.0 Å². The predicted molar refractivity (Wildman–Crippen MR) is 113 cm³/mol. The van der Waals surface area contributed by atoms with Crippen molar-refractivity contribution >= 4 is 22.9 Å². The van der Waals surface area contributed by atoms with Gasteiger partial charge < -0.3 is 4.90 Å². The molecule has 2 aliphatic heterocycles. The van der Waals surface area contributed by atoms with Gasteiger partial charge in [-0.2, -0.15) is 0 Å². The van der Waals surface area contributed by atoms with E-state index < -0.39 is 11.3 Å². The monoisotopic (exact) mass is 401 g/mol. The highest BCUT2D eigenvalue weighted by Crippen LogP contribution is 2.31. The number of carbonyl (C=O) groups excluding carboxylic acids is 1.